The minimum absolute atomic E-state index is 0.0224. The molecule has 0 bridgehead atoms. The molecule has 25 heavy (non-hydrogen) atoms. The zero-order valence-corrected chi connectivity index (χ0v) is 15.2. The first-order valence-corrected chi connectivity index (χ1v) is 8.49. The van der Waals surface area contributed by atoms with E-state index in [0.717, 1.165) is 36.7 Å². The van der Waals surface area contributed by atoms with Crippen LogP contribution in [0.15, 0.2) is 18.3 Å². The van der Waals surface area contributed by atoms with Crippen molar-refractivity contribution in [1.82, 2.24) is 19.9 Å². The first-order valence-electron chi connectivity index (χ1n) is 8.49. The Hall–Kier alpha value is -2.51. The van der Waals surface area contributed by atoms with Gasteiger partial charge in [-0.05, 0) is 39.7 Å². The normalized spacial score (nSPS) is 18.2. The van der Waals surface area contributed by atoms with Crippen LogP contribution in [0.1, 0.15) is 33.6 Å². The van der Waals surface area contributed by atoms with E-state index in [2.05, 4.69) is 20.4 Å². The van der Waals surface area contributed by atoms with Gasteiger partial charge in [-0.2, -0.15) is 0 Å². The highest BCUT2D eigenvalue weighted by atomic mass is 16.6. The number of alkyl carbamates (subject to hydrolysis) is 1. The van der Waals surface area contributed by atoms with E-state index >= 15 is 0 Å². The molecule has 3 rings (SSSR count). The summed E-state index contributed by atoms with van der Waals surface area (Å²) in [6.07, 6.45) is 3.40. The Balaban J connectivity index is 1.70. The predicted molar refractivity (Wildman–Crippen MR) is 94.1 cm³/mol. The number of aromatic nitrogens is 3. The maximum absolute atomic E-state index is 12.0. The summed E-state index contributed by atoms with van der Waals surface area (Å²) in [6.45, 7) is 7.12. The van der Waals surface area contributed by atoms with Crippen LogP contribution in [0.2, 0.25) is 0 Å². The summed E-state index contributed by atoms with van der Waals surface area (Å²) in [7, 11) is 1.63. The van der Waals surface area contributed by atoms with E-state index in [1.54, 1.807) is 7.11 Å². The molecule has 1 aliphatic heterocycles. The molecule has 2 aromatic rings. The van der Waals surface area contributed by atoms with Gasteiger partial charge in [0.25, 0.3) is 0 Å². The first kappa shape index (κ1) is 17.3. The third-order valence-electron chi connectivity index (χ3n) is 4.02. The van der Waals surface area contributed by atoms with Crippen LogP contribution in [0.5, 0.6) is 5.75 Å². The highest BCUT2D eigenvalue weighted by Gasteiger charge is 2.26. The minimum atomic E-state index is -0.499. The predicted octanol–water partition coefficient (Wildman–Crippen LogP) is 2.23. The van der Waals surface area contributed by atoms with E-state index in [4.69, 9.17) is 9.47 Å². The molecule has 0 unspecified atom stereocenters. The first-order chi connectivity index (χ1) is 11.9. The highest BCUT2D eigenvalue weighted by molar-refractivity contribution is 5.68. The Labute approximate surface area is 147 Å². The standard InChI is InChI=1S/C17H25N5O3/c1-17(2,3)25-16(23)18-12-6-5-8-21(11-12)15-20-19-14-10-13(24-4)7-9-22(14)15/h7,9-10,12H,5-6,8,11H2,1-4H3,(H,18,23)/t12-/m1/s1. The summed E-state index contributed by atoms with van der Waals surface area (Å²) in [5.41, 5.74) is 0.234. The molecule has 1 fully saturated rings. The van der Waals surface area contributed by atoms with Gasteiger partial charge in [0.1, 0.15) is 11.4 Å². The molecule has 1 aliphatic rings. The number of methoxy groups -OCH3 is 1. The Kier molecular flexibility index (Phi) is 4.69. The molecule has 0 radical (unpaired) electrons. The molecule has 0 spiro atoms. The number of ether oxygens (including phenoxy) is 2. The smallest absolute Gasteiger partial charge is 0.407 e. The second-order valence-electron chi connectivity index (χ2n) is 7.23. The fraction of sp³-hybridized carbons (Fsp3) is 0.588. The summed E-state index contributed by atoms with van der Waals surface area (Å²) in [5, 5.41) is 11.5. The number of carbonyl (C=O) groups is 1. The molecular formula is C17H25N5O3. The number of piperidine rings is 1. The van der Waals surface area contributed by atoms with Crippen molar-refractivity contribution in [2.75, 3.05) is 25.1 Å². The number of rotatable bonds is 3. The Morgan fingerprint density at radius 2 is 2.16 bits per heavy atom. The van der Waals surface area contributed by atoms with E-state index in [0.29, 0.717) is 6.54 Å². The van der Waals surface area contributed by atoms with Crippen LogP contribution in [-0.2, 0) is 4.74 Å². The lowest BCUT2D eigenvalue weighted by molar-refractivity contribution is 0.0500. The fourth-order valence-electron chi connectivity index (χ4n) is 2.95. The molecule has 136 valence electrons. The van der Waals surface area contributed by atoms with Crippen LogP contribution < -0.4 is 15.0 Å². The lowest BCUT2D eigenvalue weighted by Gasteiger charge is -2.33. The zero-order chi connectivity index (χ0) is 18.0. The molecule has 8 heteroatoms. The van der Waals surface area contributed by atoms with Gasteiger partial charge in [0.15, 0.2) is 5.65 Å². The number of fused-ring (bicyclic) bond motifs is 1. The maximum atomic E-state index is 12.0. The Morgan fingerprint density at radius 3 is 2.88 bits per heavy atom. The van der Waals surface area contributed by atoms with Gasteiger partial charge in [0.05, 0.1) is 7.11 Å². The van der Waals surface area contributed by atoms with Crippen molar-refractivity contribution < 1.29 is 14.3 Å². The number of nitrogens with zero attached hydrogens (tertiary/aromatic N) is 4. The molecule has 0 aliphatic carbocycles. The van der Waals surface area contributed by atoms with Gasteiger partial charge in [-0.15, -0.1) is 10.2 Å². The van der Waals surface area contributed by atoms with Gasteiger partial charge < -0.3 is 19.7 Å². The SMILES string of the molecule is COc1ccn2c(N3CCC[C@@H](NC(=O)OC(C)(C)C)C3)nnc2c1. The topological polar surface area (TPSA) is 81.0 Å². The monoisotopic (exact) mass is 347 g/mol. The van der Waals surface area contributed by atoms with Crippen LogP contribution in [-0.4, -0.2) is 52.5 Å². The van der Waals surface area contributed by atoms with Crippen molar-refractivity contribution in [2.45, 2.75) is 45.3 Å². The van der Waals surface area contributed by atoms with Gasteiger partial charge in [-0.1, -0.05) is 0 Å². The molecule has 2 aromatic heterocycles. The lowest BCUT2D eigenvalue weighted by atomic mass is 10.1. The maximum Gasteiger partial charge on any atom is 0.407 e. The number of anilines is 1. The van der Waals surface area contributed by atoms with Gasteiger partial charge in [-0.25, -0.2) is 4.79 Å². The summed E-state index contributed by atoms with van der Waals surface area (Å²) in [4.78, 5) is 14.1. The minimum Gasteiger partial charge on any atom is -0.497 e. The van der Waals surface area contributed by atoms with Gasteiger partial charge >= 0.3 is 6.09 Å². The van der Waals surface area contributed by atoms with E-state index in [-0.39, 0.29) is 12.1 Å². The molecule has 0 saturated carbocycles. The second kappa shape index (κ2) is 6.78. The summed E-state index contributed by atoms with van der Waals surface area (Å²) >= 11 is 0. The third kappa shape index (κ3) is 4.12. The number of hydrogen-bond donors (Lipinski definition) is 1. The van der Waals surface area contributed by atoms with Crippen molar-refractivity contribution in [1.29, 1.82) is 0 Å². The average Bonchev–Trinajstić information content (AvgIpc) is 2.96. The van der Waals surface area contributed by atoms with Crippen LogP contribution in [0.3, 0.4) is 0 Å². The third-order valence-corrected chi connectivity index (χ3v) is 4.02. The molecule has 1 atom stereocenters. The van der Waals surface area contributed by atoms with E-state index < -0.39 is 5.60 Å². The number of amides is 1. The van der Waals surface area contributed by atoms with Crippen molar-refractivity contribution in [3.8, 4) is 5.75 Å². The van der Waals surface area contributed by atoms with Crippen molar-refractivity contribution in [2.24, 2.45) is 0 Å². The van der Waals surface area contributed by atoms with Gasteiger partial charge in [0.2, 0.25) is 5.95 Å². The van der Waals surface area contributed by atoms with E-state index in [1.165, 1.54) is 0 Å². The summed E-state index contributed by atoms with van der Waals surface area (Å²) in [5.74, 6) is 1.52. The molecule has 1 amide bonds. The average molecular weight is 347 g/mol. The van der Waals surface area contributed by atoms with Crippen LogP contribution in [0.25, 0.3) is 5.65 Å². The second-order valence-corrected chi connectivity index (χ2v) is 7.23. The van der Waals surface area contributed by atoms with Crippen molar-refractivity contribution >= 4 is 17.7 Å². The summed E-state index contributed by atoms with van der Waals surface area (Å²) in [6, 6.07) is 3.74. The Morgan fingerprint density at radius 1 is 1.36 bits per heavy atom. The van der Waals surface area contributed by atoms with Gasteiger partial charge in [-0.3, -0.25) is 4.40 Å². The van der Waals surface area contributed by atoms with Crippen LogP contribution in [0, 0.1) is 0 Å². The molecular weight excluding hydrogens is 322 g/mol. The number of pyridine rings is 1. The van der Waals surface area contributed by atoms with E-state index in [9.17, 15) is 4.79 Å². The van der Waals surface area contributed by atoms with Gasteiger partial charge in [0, 0.05) is 31.4 Å². The number of hydrogen-bond acceptors (Lipinski definition) is 6. The quantitative estimate of drug-likeness (QED) is 0.917. The molecule has 1 N–H and O–H groups in total. The van der Waals surface area contributed by atoms with Crippen LogP contribution >= 0.6 is 0 Å². The Bertz CT molecular complexity index is 752. The largest absolute Gasteiger partial charge is 0.497 e. The van der Waals surface area contributed by atoms with Crippen LogP contribution in [0.4, 0.5) is 10.7 Å². The molecule has 0 aromatic carbocycles. The molecule has 1 saturated heterocycles. The zero-order valence-electron chi connectivity index (χ0n) is 15.2. The number of nitrogens with one attached hydrogen (secondary N) is 1. The highest BCUT2D eigenvalue weighted by Crippen LogP contribution is 2.21. The van der Waals surface area contributed by atoms with Crippen molar-refractivity contribution in [3.63, 3.8) is 0 Å². The summed E-state index contributed by atoms with van der Waals surface area (Å²) < 4.78 is 12.5. The van der Waals surface area contributed by atoms with Crippen molar-refractivity contribution in [3.05, 3.63) is 18.3 Å². The lowest BCUT2D eigenvalue weighted by Crippen LogP contribution is -2.49. The molecule has 3 heterocycles. The fourth-order valence-corrected chi connectivity index (χ4v) is 2.95. The van der Waals surface area contributed by atoms with E-state index in [1.807, 2.05) is 43.5 Å². The molecule has 8 nitrogen and oxygen atoms in total. The number of carbonyl (C=O) groups excluding carboxylic acids is 1.